The molecule has 4 heteroatoms. The first kappa shape index (κ1) is 12.2. The lowest BCUT2D eigenvalue weighted by molar-refractivity contribution is 0.158. The first-order valence-corrected chi connectivity index (χ1v) is 5.81. The van der Waals surface area contributed by atoms with E-state index in [-0.39, 0.29) is 0 Å². The van der Waals surface area contributed by atoms with Crippen molar-refractivity contribution >= 4 is 11.3 Å². The van der Waals surface area contributed by atoms with Gasteiger partial charge in [0.15, 0.2) is 0 Å². The molecule has 0 aliphatic heterocycles. The molecule has 0 amide bonds. The van der Waals surface area contributed by atoms with Crippen LogP contribution < -0.4 is 5.32 Å². The zero-order valence-electron chi connectivity index (χ0n) is 9.12. The maximum absolute atomic E-state index is 8.65. The van der Waals surface area contributed by atoms with E-state index in [1.165, 1.54) is 4.88 Å². The number of methoxy groups -OCH3 is 1. The van der Waals surface area contributed by atoms with E-state index in [4.69, 9.17) is 10.00 Å². The molecule has 1 aromatic rings. The molecule has 0 bridgehead atoms. The molecule has 1 rings (SSSR count). The van der Waals surface area contributed by atoms with Gasteiger partial charge in [0.05, 0.1) is 5.56 Å². The Hall–Kier alpha value is -0.890. The third kappa shape index (κ3) is 4.43. The Morgan fingerprint density at radius 2 is 2.47 bits per heavy atom. The average molecular weight is 224 g/mol. The summed E-state index contributed by atoms with van der Waals surface area (Å²) in [6, 6.07) is 4.06. The standard InChI is InChI=1S/C11H16N2OS/c1-9(7-14-2)5-13-6-11-3-10(4-12)8-15-11/h3,8-9,13H,5-7H2,1-2H3. The molecular weight excluding hydrogens is 208 g/mol. The molecule has 0 aliphatic carbocycles. The number of nitriles is 1. The lowest BCUT2D eigenvalue weighted by Gasteiger charge is -2.10. The third-order valence-corrected chi connectivity index (χ3v) is 2.96. The highest BCUT2D eigenvalue weighted by Gasteiger charge is 2.02. The second-order valence-corrected chi connectivity index (χ2v) is 4.60. The number of nitrogens with zero attached hydrogens (tertiary/aromatic N) is 1. The van der Waals surface area contributed by atoms with Crippen molar-refractivity contribution in [3.05, 3.63) is 21.9 Å². The van der Waals surface area contributed by atoms with Gasteiger partial charge in [0.2, 0.25) is 0 Å². The molecule has 1 N–H and O–H groups in total. The minimum atomic E-state index is 0.519. The third-order valence-electron chi connectivity index (χ3n) is 2.03. The van der Waals surface area contributed by atoms with Crippen LogP contribution in [0.2, 0.25) is 0 Å². The summed E-state index contributed by atoms with van der Waals surface area (Å²) in [5.41, 5.74) is 0.752. The van der Waals surface area contributed by atoms with Gasteiger partial charge in [0.1, 0.15) is 6.07 Å². The summed E-state index contributed by atoms with van der Waals surface area (Å²) < 4.78 is 5.05. The quantitative estimate of drug-likeness (QED) is 0.803. The van der Waals surface area contributed by atoms with Gasteiger partial charge in [-0.3, -0.25) is 0 Å². The number of thiophene rings is 1. The van der Waals surface area contributed by atoms with E-state index in [0.29, 0.717) is 5.92 Å². The van der Waals surface area contributed by atoms with E-state index in [2.05, 4.69) is 18.3 Å². The molecule has 0 spiro atoms. The van der Waals surface area contributed by atoms with Crippen molar-refractivity contribution in [2.75, 3.05) is 20.3 Å². The van der Waals surface area contributed by atoms with Gasteiger partial charge >= 0.3 is 0 Å². The van der Waals surface area contributed by atoms with Gasteiger partial charge in [-0.1, -0.05) is 6.92 Å². The van der Waals surface area contributed by atoms with Crippen LogP contribution in [0.25, 0.3) is 0 Å². The first-order valence-electron chi connectivity index (χ1n) is 4.93. The van der Waals surface area contributed by atoms with Crippen molar-refractivity contribution < 1.29 is 4.74 Å². The Labute approximate surface area is 94.7 Å². The van der Waals surface area contributed by atoms with E-state index in [1.54, 1.807) is 18.4 Å². The molecule has 15 heavy (non-hydrogen) atoms. The van der Waals surface area contributed by atoms with Crippen molar-refractivity contribution in [2.24, 2.45) is 5.92 Å². The SMILES string of the molecule is COCC(C)CNCc1cc(C#N)cs1. The maximum Gasteiger partial charge on any atom is 0.100 e. The Morgan fingerprint density at radius 1 is 1.67 bits per heavy atom. The molecule has 0 radical (unpaired) electrons. The topological polar surface area (TPSA) is 45.0 Å². The molecule has 3 nitrogen and oxygen atoms in total. The van der Waals surface area contributed by atoms with Crippen LogP contribution in [0.4, 0.5) is 0 Å². The lowest BCUT2D eigenvalue weighted by atomic mass is 10.2. The number of nitrogens with one attached hydrogen (secondary N) is 1. The Morgan fingerprint density at radius 3 is 3.07 bits per heavy atom. The Kier molecular flexibility index (Phi) is 5.33. The molecule has 0 aromatic carbocycles. The molecule has 1 unspecified atom stereocenters. The normalized spacial score (nSPS) is 12.3. The van der Waals surface area contributed by atoms with Crippen molar-refractivity contribution in [3.8, 4) is 6.07 Å². The highest BCUT2D eigenvalue weighted by Crippen LogP contribution is 2.13. The second kappa shape index (κ2) is 6.57. The molecule has 0 aliphatic rings. The summed E-state index contributed by atoms with van der Waals surface area (Å²) in [7, 11) is 1.72. The minimum absolute atomic E-state index is 0.519. The van der Waals surface area contributed by atoms with Crippen LogP contribution in [-0.2, 0) is 11.3 Å². The maximum atomic E-state index is 8.65. The number of hydrogen-bond acceptors (Lipinski definition) is 4. The van der Waals surface area contributed by atoms with Gasteiger partial charge in [0.25, 0.3) is 0 Å². The van der Waals surface area contributed by atoms with Crippen LogP contribution in [0, 0.1) is 17.2 Å². The Bertz CT molecular complexity index is 330. The minimum Gasteiger partial charge on any atom is -0.384 e. The highest BCUT2D eigenvalue weighted by atomic mass is 32.1. The van der Waals surface area contributed by atoms with Crippen molar-refractivity contribution in [1.82, 2.24) is 5.32 Å². The van der Waals surface area contributed by atoms with Crippen LogP contribution in [0.3, 0.4) is 0 Å². The summed E-state index contributed by atoms with van der Waals surface area (Å²) in [5.74, 6) is 0.519. The zero-order chi connectivity index (χ0) is 11.1. The molecule has 82 valence electrons. The molecule has 1 aromatic heterocycles. The fourth-order valence-electron chi connectivity index (χ4n) is 1.32. The predicted molar refractivity (Wildman–Crippen MR) is 61.8 cm³/mol. The van der Waals surface area contributed by atoms with Gasteiger partial charge in [-0.25, -0.2) is 0 Å². The molecule has 0 saturated carbocycles. The van der Waals surface area contributed by atoms with E-state index < -0.39 is 0 Å². The van der Waals surface area contributed by atoms with Gasteiger partial charge in [-0.2, -0.15) is 5.26 Å². The van der Waals surface area contributed by atoms with Gasteiger partial charge < -0.3 is 10.1 Å². The first-order chi connectivity index (χ1) is 7.26. The average Bonchev–Trinajstić information content (AvgIpc) is 2.66. The summed E-state index contributed by atoms with van der Waals surface area (Å²) >= 11 is 1.62. The predicted octanol–water partition coefficient (Wildman–Crippen LogP) is 1.99. The fourth-order valence-corrected chi connectivity index (χ4v) is 2.10. The van der Waals surface area contributed by atoms with Crippen LogP contribution >= 0.6 is 11.3 Å². The molecular formula is C11H16N2OS. The molecule has 1 atom stereocenters. The molecule has 0 fully saturated rings. The van der Waals surface area contributed by atoms with Crippen LogP contribution in [-0.4, -0.2) is 20.3 Å². The van der Waals surface area contributed by atoms with E-state index in [9.17, 15) is 0 Å². The number of ether oxygens (including phenoxy) is 1. The second-order valence-electron chi connectivity index (χ2n) is 3.60. The van der Waals surface area contributed by atoms with Crippen molar-refractivity contribution in [3.63, 3.8) is 0 Å². The van der Waals surface area contributed by atoms with Crippen LogP contribution in [0.5, 0.6) is 0 Å². The van der Waals surface area contributed by atoms with Crippen LogP contribution in [0.15, 0.2) is 11.4 Å². The van der Waals surface area contributed by atoms with E-state index in [1.807, 2.05) is 11.4 Å². The summed E-state index contributed by atoms with van der Waals surface area (Å²) in [6.45, 7) is 4.69. The molecule has 1 heterocycles. The van der Waals surface area contributed by atoms with Crippen molar-refractivity contribution in [2.45, 2.75) is 13.5 Å². The smallest absolute Gasteiger partial charge is 0.100 e. The van der Waals surface area contributed by atoms with E-state index >= 15 is 0 Å². The van der Waals surface area contributed by atoms with Crippen LogP contribution in [0.1, 0.15) is 17.4 Å². The monoisotopic (exact) mass is 224 g/mol. The highest BCUT2D eigenvalue weighted by molar-refractivity contribution is 7.10. The van der Waals surface area contributed by atoms with Gasteiger partial charge in [-0.15, -0.1) is 11.3 Å². The summed E-state index contributed by atoms with van der Waals surface area (Å²) in [5, 5.41) is 13.9. The van der Waals surface area contributed by atoms with Crippen molar-refractivity contribution in [1.29, 1.82) is 5.26 Å². The van der Waals surface area contributed by atoms with E-state index in [0.717, 1.165) is 25.3 Å². The zero-order valence-corrected chi connectivity index (χ0v) is 9.93. The summed E-state index contributed by atoms with van der Waals surface area (Å²) in [6.07, 6.45) is 0. The lowest BCUT2D eigenvalue weighted by Crippen LogP contribution is -2.22. The van der Waals surface area contributed by atoms with Gasteiger partial charge in [-0.05, 0) is 12.0 Å². The fraction of sp³-hybridized carbons (Fsp3) is 0.545. The number of rotatable bonds is 6. The number of hydrogen-bond donors (Lipinski definition) is 1. The largest absolute Gasteiger partial charge is 0.384 e. The Balaban J connectivity index is 2.23. The van der Waals surface area contributed by atoms with Gasteiger partial charge in [0, 0.05) is 37.1 Å². The molecule has 0 saturated heterocycles. The summed E-state index contributed by atoms with van der Waals surface area (Å²) in [4.78, 5) is 1.20.